The maximum Gasteiger partial charge on any atom is 0.181 e. The van der Waals surface area contributed by atoms with E-state index < -0.39 is 0 Å². The van der Waals surface area contributed by atoms with Gasteiger partial charge >= 0.3 is 0 Å². The summed E-state index contributed by atoms with van der Waals surface area (Å²) in [6.45, 7) is 6.03. The minimum atomic E-state index is 0.581. The third-order valence-electron chi connectivity index (χ3n) is 4.99. The van der Waals surface area contributed by atoms with Gasteiger partial charge in [0.2, 0.25) is 0 Å². The second kappa shape index (κ2) is 7.33. The van der Waals surface area contributed by atoms with Crippen molar-refractivity contribution in [1.82, 2.24) is 15.0 Å². The van der Waals surface area contributed by atoms with Crippen LogP contribution in [0.1, 0.15) is 16.0 Å². The average molecular weight is 404 g/mol. The third kappa shape index (κ3) is 3.38. The van der Waals surface area contributed by atoms with Gasteiger partial charge in [-0.25, -0.2) is 9.97 Å². The Bertz CT molecular complexity index is 1190. The second-order valence-electron chi connectivity index (χ2n) is 6.91. The molecule has 1 aliphatic heterocycles. The molecule has 0 fully saturated rings. The van der Waals surface area contributed by atoms with Gasteiger partial charge in [-0.2, -0.15) is 0 Å². The van der Waals surface area contributed by atoms with Gasteiger partial charge in [0.1, 0.15) is 29.6 Å². The van der Waals surface area contributed by atoms with Crippen molar-refractivity contribution in [3.8, 4) is 23.0 Å². The molecule has 4 heterocycles. The Kier molecular flexibility index (Phi) is 4.52. The molecule has 3 aromatic heterocycles. The largest absolute Gasteiger partial charge is 0.486 e. The first-order chi connectivity index (χ1) is 14.2. The molecule has 0 saturated heterocycles. The first-order valence-electron chi connectivity index (χ1n) is 9.50. The Hall–Kier alpha value is -3.19. The molecule has 1 N–H and O–H groups in total. The lowest BCUT2D eigenvalue weighted by atomic mass is 10.1. The fourth-order valence-electron chi connectivity index (χ4n) is 3.37. The number of benzene rings is 1. The molecule has 0 amide bonds. The predicted molar refractivity (Wildman–Crippen MR) is 115 cm³/mol. The lowest BCUT2D eigenvalue weighted by Gasteiger charge is -2.19. The normalized spacial score (nSPS) is 12.9. The number of aryl methyl sites for hydroxylation is 2. The van der Waals surface area contributed by atoms with Crippen LogP contribution in [-0.2, 0) is 6.54 Å². The van der Waals surface area contributed by atoms with Crippen LogP contribution >= 0.6 is 11.3 Å². The van der Waals surface area contributed by atoms with Gasteiger partial charge in [0.05, 0.1) is 5.39 Å². The molecule has 0 unspecified atom stereocenters. The highest BCUT2D eigenvalue weighted by atomic mass is 32.1. The number of fused-ring (bicyclic) bond motifs is 2. The zero-order chi connectivity index (χ0) is 19.8. The van der Waals surface area contributed by atoms with Crippen LogP contribution in [0.5, 0.6) is 11.5 Å². The van der Waals surface area contributed by atoms with Crippen molar-refractivity contribution in [3.63, 3.8) is 0 Å². The Morgan fingerprint density at radius 1 is 1.03 bits per heavy atom. The first kappa shape index (κ1) is 17.9. The molecule has 0 atom stereocenters. The maximum absolute atomic E-state index is 5.70. The highest BCUT2D eigenvalue weighted by Gasteiger charge is 2.17. The molecule has 0 spiro atoms. The smallest absolute Gasteiger partial charge is 0.181 e. The maximum atomic E-state index is 5.70. The van der Waals surface area contributed by atoms with Crippen LogP contribution in [0.2, 0.25) is 0 Å². The Morgan fingerprint density at radius 2 is 1.90 bits per heavy atom. The molecule has 146 valence electrons. The van der Waals surface area contributed by atoms with E-state index in [-0.39, 0.29) is 0 Å². The standard InChI is InChI=1S/C22H20N4O2S/c1-13-14(2)29-22-19(13)21(25-20(26-22)16-5-3-4-8-23-16)24-12-15-6-7-17-18(11-15)28-10-9-27-17/h3-8,11H,9-10,12H2,1-2H3,(H,24,25,26). The van der Waals surface area contributed by atoms with Gasteiger partial charge in [0.25, 0.3) is 0 Å². The third-order valence-corrected chi connectivity index (χ3v) is 6.09. The summed E-state index contributed by atoms with van der Waals surface area (Å²) < 4.78 is 11.3. The second-order valence-corrected chi connectivity index (χ2v) is 8.11. The number of anilines is 1. The summed E-state index contributed by atoms with van der Waals surface area (Å²) in [5.41, 5.74) is 3.08. The van der Waals surface area contributed by atoms with Gasteiger partial charge in [0, 0.05) is 17.6 Å². The van der Waals surface area contributed by atoms with E-state index in [0.29, 0.717) is 25.6 Å². The van der Waals surface area contributed by atoms with E-state index in [1.807, 2.05) is 36.4 Å². The van der Waals surface area contributed by atoms with Crippen LogP contribution in [0.15, 0.2) is 42.6 Å². The van der Waals surface area contributed by atoms with E-state index in [0.717, 1.165) is 38.8 Å². The van der Waals surface area contributed by atoms with Crippen LogP contribution < -0.4 is 14.8 Å². The summed E-state index contributed by atoms with van der Waals surface area (Å²) in [5.74, 6) is 3.04. The van der Waals surface area contributed by atoms with Crippen LogP contribution in [-0.4, -0.2) is 28.2 Å². The van der Waals surface area contributed by atoms with Crippen LogP contribution in [0.25, 0.3) is 21.7 Å². The number of rotatable bonds is 4. The van der Waals surface area contributed by atoms with Crippen molar-refractivity contribution in [1.29, 1.82) is 0 Å². The Labute approximate surface area is 172 Å². The van der Waals surface area contributed by atoms with Crippen molar-refractivity contribution >= 4 is 27.4 Å². The highest BCUT2D eigenvalue weighted by Crippen LogP contribution is 2.35. The molecule has 0 radical (unpaired) electrons. The molecule has 7 heteroatoms. The Morgan fingerprint density at radius 3 is 2.72 bits per heavy atom. The molecule has 5 rings (SSSR count). The zero-order valence-electron chi connectivity index (χ0n) is 16.2. The van der Waals surface area contributed by atoms with Gasteiger partial charge in [-0.15, -0.1) is 11.3 Å². The Balaban J connectivity index is 1.51. The summed E-state index contributed by atoms with van der Waals surface area (Å²) in [5, 5.41) is 4.58. The molecular weight excluding hydrogens is 384 g/mol. The molecule has 1 aliphatic rings. The van der Waals surface area contributed by atoms with Crippen LogP contribution in [0.3, 0.4) is 0 Å². The van der Waals surface area contributed by atoms with E-state index in [1.54, 1.807) is 17.5 Å². The van der Waals surface area contributed by atoms with Crippen molar-refractivity contribution < 1.29 is 9.47 Å². The molecule has 0 saturated carbocycles. The first-order valence-corrected chi connectivity index (χ1v) is 10.3. The van der Waals surface area contributed by atoms with Crippen molar-refractivity contribution in [2.45, 2.75) is 20.4 Å². The number of nitrogens with one attached hydrogen (secondary N) is 1. The number of thiophene rings is 1. The van der Waals surface area contributed by atoms with Crippen molar-refractivity contribution in [2.75, 3.05) is 18.5 Å². The van der Waals surface area contributed by atoms with Gasteiger partial charge < -0.3 is 14.8 Å². The number of nitrogens with zero attached hydrogens (tertiary/aromatic N) is 3. The van der Waals surface area contributed by atoms with Gasteiger partial charge in [-0.3, -0.25) is 4.98 Å². The average Bonchev–Trinajstić information content (AvgIpc) is 3.06. The van der Waals surface area contributed by atoms with Crippen LogP contribution in [0.4, 0.5) is 5.82 Å². The fourth-order valence-corrected chi connectivity index (χ4v) is 4.40. The summed E-state index contributed by atoms with van der Waals surface area (Å²) >= 11 is 1.69. The van der Waals surface area contributed by atoms with Crippen molar-refractivity contribution in [3.05, 3.63) is 58.6 Å². The lowest BCUT2D eigenvalue weighted by molar-refractivity contribution is 0.171. The quantitative estimate of drug-likeness (QED) is 0.529. The zero-order valence-corrected chi connectivity index (χ0v) is 17.0. The minimum absolute atomic E-state index is 0.581. The summed E-state index contributed by atoms with van der Waals surface area (Å²) in [4.78, 5) is 16.2. The monoisotopic (exact) mass is 404 g/mol. The summed E-state index contributed by atoms with van der Waals surface area (Å²) in [6.07, 6.45) is 1.76. The van der Waals surface area contributed by atoms with Gasteiger partial charge in [0.15, 0.2) is 17.3 Å². The molecule has 29 heavy (non-hydrogen) atoms. The highest BCUT2D eigenvalue weighted by molar-refractivity contribution is 7.18. The van der Waals surface area contributed by atoms with Crippen molar-refractivity contribution in [2.24, 2.45) is 0 Å². The molecule has 0 bridgehead atoms. The topological polar surface area (TPSA) is 69.2 Å². The lowest BCUT2D eigenvalue weighted by Crippen LogP contribution is -2.15. The number of ether oxygens (including phenoxy) is 2. The summed E-state index contributed by atoms with van der Waals surface area (Å²) in [6, 6.07) is 11.8. The molecule has 0 aliphatic carbocycles. The fraction of sp³-hybridized carbons (Fsp3) is 0.227. The van der Waals surface area contributed by atoms with E-state index in [1.165, 1.54) is 10.4 Å². The SMILES string of the molecule is Cc1sc2nc(-c3ccccn3)nc(NCc3ccc4c(c3)OCCO4)c2c1C. The van der Waals surface area contributed by atoms with Gasteiger partial charge in [-0.05, 0) is 49.2 Å². The molecule has 6 nitrogen and oxygen atoms in total. The van der Waals surface area contributed by atoms with E-state index >= 15 is 0 Å². The van der Waals surface area contributed by atoms with E-state index in [4.69, 9.17) is 19.4 Å². The molecular formula is C22H20N4O2S. The number of hydrogen-bond donors (Lipinski definition) is 1. The minimum Gasteiger partial charge on any atom is -0.486 e. The van der Waals surface area contributed by atoms with E-state index in [9.17, 15) is 0 Å². The number of hydrogen-bond acceptors (Lipinski definition) is 7. The number of pyridine rings is 1. The van der Waals surface area contributed by atoms with Gasteiger partial charge in [-0.1, -0.05) is 12.1 Å². The predicted octanol–water partition coefficient (Wildman–Crippen LogP) is 4.75. The summed E-state index contributed by atoms with van der Waals surface area (Å²) in [7, 11) is 0. The van der Waals surface area contributed by atoms with Crippen LogP contribution in [0, 0.1) is 13.8 Å². The molecule has 1 aromatic carbocycles. The number of aromatic nitrogens is 3. The molecule has 4 aromatic rings. The van der Waals surface area contributed by atoms with E-state index in [2.05, 4.69) is 24.1 Å².